The molecule has 1 unspecified atom stereocenters. The number of nitrogens with zero attached hydrogens (tertiary/aromatic N) is 3. The van der Waals surface area contributed by atoms with Gasteiger partial charge in [-0.05, 0) is 97.6 Å². The highest BCUT2D eigenvalue weighted by Gasteiger charge is 2.60. The number of amides is 1. The number of aliphatic imine (C=N–C) groups is 1. The summed E-state index contributed by atoms with van der Waals surface area (Å²) in [6.07, 6.45) is 12.5. The van der Waals surface area contributed by atoms with Gasteiger partial charge in [-0.15, -0.1) is 0 Å². The van der Waals surface area contributed by atoms with E-state index < -0.39 is 0 Å². The van der Waals surface area contributed by atoms with Gasteiger partial charge in [-0.1, -0.05) is 65.3 Å². The topological polar surface area (TPSA) is 65.3 Å². The third-order valence-corrected chi connectivity index (χ3v) is 12.9. The average molecular weight is 597 g/mol. The van der Waals surface area contributed by atoms with Gasteiger partial charge in [0.2, 0.25) is 0 Å². The summed E-state index contributed by atoms with van der Waals surface area (Å²) >= 11 is 5.11. The summed E-state index contributed by atoms with van der Waals surface area (Å²) in [5.41, 5.74) is 4.66. The van der Waals surface area contributed by atoms with Gasteiger partial charge in [-0.3, -0.25) is 4.79 Å². The smallest absolute Gasteiger partial charge is 0.258 e. The largest absolute Gasteiger partial charge is 0.393 e. The van der Waals surface area contributed by atoms with Crippen molar-refractivity contribution >= 4 is 44.5 Å². The lowest BCUT2D eigenvalue weighted by molar-refractivity contribution is -0.115. The van der Waals surface area contributed by atoms with Crippen molar-refractivity contribution in [3.05, 3.63) is 46.0 Å². The van der Waals surface area contributed by atoms with Crippen LogP contribution in [-0.2, 0) is 4.79 Å². The fraction of sp³-hybridized carbons (Fsp3) is 0.645. The first kappa shape index (κ1) is 25.5. The molecule has 1 N–H and O–H groups in total. The van der Waals surface area contributed by atoms with E-state index in [1.807, 2.05) is 0 Å². The molecule has 0 saturated heterocycles. The molecule has 5 nitrogen and oxygen atoms in total. The molecule has 1 aromatic rings. The maximum Gasteiger partial charge on any atom is 0.258 e. The van der Waals surface area contributed by atoms with Gasteiger partial charge < -0.3 is 5.11 Å². The maximum absolute atomic E-state index is 12.0. The monoisotopic (exact) mass is 595 g/mol. The number of carbonyl (C=O) groups is 1. The lowest BCUT2D eigenvalue weighted by Crippen LogP contribution is -2.51. The number of halogens is 1. The van der Waals surface area contributed by atoms with Gasteiger partial charge in [0.05, 0.1) is 17.9 Å². The van der Waals surface area contributed by atoms with Gasteiger partial charge in [0.15, 0.2) is 5.17 Å². The van der Waals surface area contributed by atoms with Crippen LogP contribution in [-0.4, -0.2) is 38.8 Å². The number of rotatable bonds is 2. The number of aliphatic hydroxyl groups is 1. The molecule has 3 fully saturated rings. The molecule has 7 rings (SSSR count). The summed E-state index contributed by atoms with van der Waals surface area (Å²) in [7, 11) is 0. The van der Waals surface area contributed by atoms with Crippen LogP contribution in [0.4, 0.5) is 0 Å². The quantitative estimate of drug-likeness (QED) is 0.370. The fourth-order valence-electron chi connectivity index (χ4n) is 9.47. The number of hydrogen-bond acceptors (Lipinski definition) is 5. The van der Waals surface area contributed by atoms with E-state index in [0.717, 1.165) is 53.1 Å². The number of benzene rings is 1. The van der Waals surface area contributed by atoms with Crippen LogP contribution in [0.1, 0.15) is 83.2 Å². The Labute approximate surface area is 238 Å². The molecule has 38 heavy (non-hydrogen) atoms. The van der Waals surface area contributed by atoms with E-state index in [1.165, 1.54) is 55.1 Å². The van der Waals surface area contributed by atoms with Crippen molar-refractivity contribution in [2.75, 3.05) is 5.75 Å². The number of fused-ring (bicyclic) bond motifs is 5. The zero-order valence-electron chi connectivity index (χ0n) is 22.4. The number of thioether (sulfide) groups is 1. The number of amidine groups is 1. The molecular weight excluding hydrogens is 558 g/mol. The van der Waals surface area contributed by atoms with Crippen LogP contribution >= 0.6 is 27.7 Å². The summed E-state index contributed by atoms with van der Waals surface area (Å²) in [5, 5.41) is 18.5. The number of carbonyl (C=O) groups excluding carboxylic acids is 1. The van der Waals surface area contributed by atoms with Crippen molar-refractivity contribution in [2.45, 2.75) is 83.8 Å². The van der Waals surface area contributed by atoms with E-state index in [1.54, 1.807) is 5.57 Å². The Morgan fingerprint density at radius 3 is 2.63 bits per heavy atom. The predicted molar refractivity (Wildman–Crippen MR) is 157 cm³/mol. The molecule has 0 spiro atoms. The maximum atomic E-state index is 12.0. The van der Waals surface area contributed by atoms with E-state index in [4.69, 9.17) is 5.10 Å². The molecule has 7 heteroatoms. The first-order valence-corrected chi connectivity index (χ1v) is 16.3. The zero-order valence-corrected chi connectivity index (χ0v) is 24.8. The van der Waals surface area contributed by atoms with E-state index >= 15 is 0 Å². The summed E-state index contributed by atoms with van der Waals surface area (Å²) in [5.74, 6) is 3.08. The lowest BCUT2D eigenvalue weighted by Gasteiger charge is -2.58. The van der Waals surface area contributed by atoms with Crippen LogP contribution in [0.3, 0.4) is 0 Å². The fourth-order valence-corrected chi connectivity index (χ4v) is 10.5. The van der Waals surface area contributed by atoms with Gasteiger partial charge >= 0.3 is 0 Å². The summed E-state index contributed by atoms with van der Waals surface area (Å²) in [6.45, 7) is 5.09. The number of hydrazone groups is 1. The molecule has 4 aliphatic carbocycles. The molecule has 0 aromatic heterocycles. The van der Waals surface area contributed by atoms with Gasteiger partial charge in [0.25, 0.3) is 5.91 Å². The highest BCUT2D eigenvalue weighted by atomic mass is 79.9. The summed E-state index contributed by atoms with van der Waals surface area (Å²) in [4.78, 5) is 16.4. The third kappa shape index (κ3) is 3.93. The normalized spacial score (nSPS) is 42.3. The Hall–Kier alpha value is -1.44. The number of aliphatic hydroxyl groups excluding tert-OH is 1. The van der Waals surface area contributed by atoms with E-state index in [-0.39, 0.29) is 28.9 Å². The van der Waals surface area contributed by atoms with E-state index in [2.05, 4.69) is 70.1 Å². The van der Waals surface area contributed by atoms with Crippen molar-refractivity contribution in [3.63, 3.8) is 0 Å². The van der Waals surface area contributed by atoms with Gasteiger partial charge in [-0.2, -0.15) is 10.1 Å². The average Bonchev–Trinajstić information content (AvgIpc) is 3.61. The third-order valence-electron chi connectivity index (χ3n) is 11.4. The molecule has 0 bridgehead atoms. The Bertz CT molecular complexity index is 1240. The predicted octanol–water partition coefficient (Wildman–Crippen LogP) is 7.12. The minimum Gasteiger partial charge on any atom is -0.393 e. The molecule has 0 radical (unpaired) electrons. The molecule has 2 aliphatic heterocycles. The van der Waals surface area contributed by atoms with Crippen LogP contribution in [0.25, 0.3) is 0 Å². The Kier molecular flexibility index (Phi) is 6.25. The number of hydrogen-bond donors (Lipinski definition) is 1. The minimum atomic E-state index is -0.143. The molecule has 8 atom stereocenters. The van der Waals surface area contributed by atoms with Crippen LogP contribution in [0.2, 0.25) is 0 Å². The van der Waals surface area contributed by atoms with E-state index in [9.17, 15) is 9.90 Å². The Morgan fingerprint density at radius 2 is 1.87 bits per heavy atom. The molecule has 6 aliphatic rings. The van der Waals surface area contributed by atoms with Crippen molar-refractivity contribution in [2.24, 2.45) is 44.6 Å². The van der Waals surface area contributed by atoms with Crippen molar-refractivity contribution < 1.29 is 9.90 Å². The first-order valence-electron chi connectivity index (χ1n) is 14.5. The highest BCUT2D eigenvalue weighted by Crippen LogP contribution is 2.67. The second-order valence-electron chi connectivity index (χ2n) is 13.1. The molecular formula is C31H38BrN3O2S. The second-order valence-corrected chi connectivity index (χ2v) is 15.0. The van der Waals surface area contributed by atoms with E-state index in [0.29, 0.717) is 11.7 Å². The zero-order chi connectivity index (χ0) is 26.2. The van der Waals surface area contributed by atoms with Crippen LogP contribution in [0.15, 0.2) is 50.5 Å². The van der Waals surface area contributed by atoms with Gasteiger partial charge in [0, 0.05) is 22.5 Å². The van der Waals surface area contributed by atoms with Gasteiger partial charge in [0.1, 0.15) is 0 Å². The minimum absolute atomic E-state index is 0.0529. The summed E-state index contributed by atoms with van der Waals surface area (Å²) in [6, 6.07) is 8.66. The Balaban J connectivity index is 1.18. The van der Waals surface area contributed by atoms with Crippen LogP contribution in [0.5, 0.6) is 0 Å². The lowest BCUT2D eigenvalue weighted by atomic mass is 9.47. The molecule has 202 valence electrons. The standard InChI is InChI=1S/C31H38BrN3O2S/c1-30-13-11-21(36)15-19(30)5-8-22-23-9-10-25(31(23,2)14-12-24(22)30)26-16-27(18-3-6-20(32)7-4-18)35(34-26)29-33-28(37)17-38-29/h3-7,21-25,27,36H,8-17H2,1-2H3/t21-,22-,23-,24-,25+,27?,30-,31-/m0/s1. The Morgan fingerprint density at radius 1 is 1.05 bits per heavy atom. The van der Waals surface area contributed by atoms with Crippen molar-refractivity contribution in [1.82, 2.24) is 5.01 Å². The van der Waals surface area contributed by atoms with Crippen LogP contribution in [0, 0.1) is 34.5 Å². The highest BCUT2D eigenvalue weighted by molar-refractivity contribution is 9.10. The SMILES string of the molecule is C[C@]12CC[C@H]3[C@@H](CC=C4C[C@@H](O)CC[C@@]43C)[C@@H]1CC[C@@H]2C1=NN(C2=NC(=O)CS2)C(c2ccc(Br)cc2)C1. The molecule has 1 amide bonds. The molecule has 1 aromatic carbocycles. The van der Waals surface area contributed by atoms with Gasteiger partial charge in [-0.25, -0.2) is 5.01 Å². The second kappa shape index (κ2) is 9.31. The molecule has 3 saturated carbocycles. The van der Waals surface area contributed by atoms with Crippen LogP contribution < -0.4 is 0 Å². The molecule has 2 heterocycles. The number of allylic oxidation sites excluding steroid dienone is 1. The first-order chi connectivity index (χ1) is 18.3. The van der Waals surface area contributed by atoms with Crippen molar-refractivity contribution in [3.8, 4) is 0 Å². The van der Waals surface area contributed by atoms with Crippen molar-refractivity contribution in [1.29, 1.82) is 0 Å². The summed E-state index contributed by atoms with van der Waals surface area (Å²) < 4.78 is 1.07.